The van der Waals surface area contributed by atoms with Crippen molar-refractivity contribution in [3.63, 3.8) is 0 Å². The van der Waals surface area contributed by atoms with E-state index < -0.39 is 6.10 Å². The number of methoxy groups -OCH3 is 1. The minimum atomic E-state index is -0.512. The molecular weight excluding hydrogens is 258 g/mol. The van der Waals surface area contributed by atoms with E-state index in [2.05, 4.69) is 4.90 Å². The number of ketones is 1. The minimum Gasteiger partial charge on any atom is -0.389 e. The maximum atomic E-state index is 11.3. The summed E-state index contributed by atoms with van der Waals surface area (Å²) in [7, 11) is 1.64. The first-order chi connectivity index (χ1) is 9.52. The van der Waals surface area contributed by atoms with Crippen LogP contribution in [0.2, 0.25) is 0 Å². The van der Waals surface area contributed by atoms with Gasteiger partial charge in [0, 0.05) is 26.1 Å². The standard InChI is InChI=1S/C15H29NO4/c1-12(17)8-14-6-4-5-7-16(14)9-15(18)11-20-13(2)10-19-3/h13-15,18H,4-11H2,1-3H3. The minimum absolute atomic E-state index is 0.0102. The lowest BCUT2D eigenvalue weighted by Gasteiger charge is -2.36. The third-order valence-electron chi connectivity index (χ3n) is 3.69. The van der Waals surface area contributed by atoms with E-state index in [1.807, 2.05) is 6.92 Å². The molecule has 0 saturated carbocycles. The van der Waals surface area contributed by atoms with Gasteiger partial charge in [-0.15, -0.1) is 0 Å². The largest absolute Gasteiger partial charge is 0.389 e. The zero-order valence-corrected chi connectivity index (χ0v) is 13.0. The SMILES string of the molecule is COCC(C)OCC(O)CN1CCCCC1CC(C)=O. The van der Waals surface area contributed by atoms with Gasteiger partial charge in [-0.1, -0.05) is 6.42 Å². The van der Waals surface area contributed by atoms with Crippen LogP contribution in [0.4, 0.5) is 0 Å². The van der Waals surface area contributed by atoms with Crippen molar-refractivity contribution in [3.8, 4) is 0 Å². The molecule has 0 aromatic rings. The third-order valence-corrected chi connectivity index (χ3v) is 3.69. The Labute approximate surface area is 122 Å². The van der Waals surface area contributed by atoms with Crippen molar-refractivity contribution in [2.75, 3.05) is 33.4 Å². The topological polar surface area (TPSA) is 59.0 Å². The van der Waals surface area contributed by atoms with Gasteiger partial charge in [0.1, 0.15) is 5.78 Å². The number of carbonyl (C=O) groups is 1. The van der Waals surface area contributed by atoms with E-state index in [4.69, 9.17) is 9.47 Å². The van der Waals surface area contributed by atoms with Crippen LogP contribution in [0.5, 0.6) is 0 Å². The van der Waals surface area contributed by atoms with Crippen molar-refractivity contribution < 1.29 is 19.4 Å². The lowest BCUT2D eigenvalue weighted by atomic mass is 9.97. The second-order valence-corrected chi connectivity index (χ2v) is 5.80. The average molecular weight is 287 g/mol. The Morgan fingerprint density at radius 3 is 2.80 bits per heavy atom. The van der Waals surface area contributed by atoms with Crippen LogP contribution in [0.3, 0.4) is 0 Å². The van der Waals surface area contributed by atoms with Crippen molar-refractivity contribution in [3.05, 3.63) is 0 Å². The Morgan fingerprint density at radius 2 is 2.15 bits per heavy atom. The van der Waals surface area contributed by atoms with E-state index in [0.29, 0.717) is 26.2 Å². The number of piperidine rings is 1. The number of Topliss-reactive ketones (excluding diaryl/α,β-unsaturated/α-hetero) is 1. The molecule has 0 aliphatic carbocycles. The van der Waals surface area contributed by atoms with Crippen LogP contribution in [0.15, 0.2) is 0 Å². The quantitative estimate of drug-likeness (QED) is 0.691. The lowest BCUT2D eigenvalue weighted by molar-refractivity contribution is -0.118. The fourth-order valence-corrected chi connectivity index (χ4v) is 2.74. The van der Waals surface area contributed by atoms with Crippen LogP contribution in [-0.2, 0) is 14.3 Å². The Hall–Kier alpha value is -0.490. The molecular formula is C15H29NO4. The van der Waals surface area contributed by atoms with Crippen LogP contribution < -0.4 is 0 Å². The van der Waals surface area contributed by atoms with E-state index in [-0.39, 0.29) is 17.9 Å². The molecule has 0 spiro atoms. The first-order valence-corrected chi connectivity index (χ1v) is 7.55. The lowest BCUT2D eigenvalue weighted by Crippen LogP contribution is -2.45. The Kier molecular flexibility index (Phi) is 8.30. The highest BCUT2D eigenvalue weighted by molar-refractivity contribution is 5.76. The molecule has 0 radical (unpaired) electrons. The van der Waals surface area contributed by atoms with Crippen LogP contribution in [0.1, 0.15) is 39.5 Å². The number of likely N-dealkylation sites (tertiary alicyclic amines) is 1. The van der Waals surface area contributed by atoms with Crippen LogP contribution in [-0.4, -0.2) is 67.5 Å². The fraction of sp³-hybridized carbons (Fsp3) is 0.933. The van der Waals surface area contributed by atoms with Crippen LogP contribution >= 0.6 is 0 Å². The molecule has 1 fully saturated rings. The summed E-state index contributed by atoms with van der Waals surface area (Å²) >= 11 is 0. The second kappa shape index (κ2) is 9.45. The van der Waals surface area contributed by atoms with Crippen molar-refractivity contribution in [2.45, 2.75) is 57.8 Å². The fourth-order valence-electron chi connectivity index (χ4n) is 2.74. The molecule has 1 aliphatic rings. The van der Waals surface area contributed by atoms with Gasteiger partial charge >= 0.3 is 0 Å². The van der Waals surface area contributed by atoms with Crippen LogP contribution in [0.25, 0.3) is 0 Å². The summed E-state index contributed by atoms with van der Waals surface area (Å²) in [4.78, 5) is 13.5. The number of aliphatic hydroxyl groups excluding tert-OH is 1. The maximum Gasteiger partial charge on any atom is 0.131 e. The summed E-state index contributed by atoms with van der Waals surface area (Å²) in [5.74, 6) is 0.223. The third kappa shape index (κ3) is 6.79. The Balaban J connectivity index is 2.33. The van der Waals surface area contributed by atoms with Crippen LogP contribution in [0, 0.1) is 0 Å². The number of rotatable bonds is 9. The van der Waals surface area contributed by atoms with E-state index in [9.17, 15) is 9.90 Å². The summed E-state index contributed by atoms with van der Waals surface area (Å²) in [6.45, 7) is 5.95. The predicted molar refractivity (Wildman–Crippen MR) is 77.8 cm³/mol. The maximum absolute atomic E-state index is 11.3. The van der Waals surface area contributed by atoms with Crippen molar-refractivity contribution in [1.29, 1.82) is 0 Å². The molecule has 1 N–H and O–H groups in total. The molecule has 0 bridgehead atoms. The molecule has 3 atom stereocenters. The van der Waals surface area contributed by atoms with Gasteiger partial charge in [0.05, 0.1) is 25.4 Å². The molecule has 5 heteroatoms. The predicted octanol–water partition coefficient (Wildman–Crippen LogP) is 1.23. The molecule has 0 amide bonds. The molecule has 20 heavy (non-hydrogen) atoms. The number of hydrogen-bond acceptors (Lipinski definition) is 5. The summed E-state index contributed by atoms with van der Waals surface area (Å²) in [5.41, 5.74) is 0. The Bertz CT molecular complexity index is 285. The highest BCUT2D eigenvalue weighted by atomic mass is 16.5. The first kappa shape index (κ1) is 17.6. The highest BCUT2D eigenvalue weighted by Crippen LogP contribution is 2.20. The number of carbonyl (C=O) groups excluding carboxylic acids is 1. The summed E-state index contributed by atoms with van der Waals surface area (Å²) < 4.78 is 10.5. The van der Waals surface area contributed by atoms with E-state index in [0.717, 1.165) is 19.4 Å². The summed E-state index contributed by atoms with van der Waals surface area (Å²) in [6, 6.07) is 0.285. The van der Waals surface area contributed by atoms with Gasteiger partial charge in [-0.05, 0) is 33.2 Å². The number of hydrogen-bond donors (Lipinski definition) is 1. The first-order valence-electron chi connectivity index (χ1n) is 7.55. The number of β-amino-alcohol motifs (C(OH)–C–C–N with tert-alkyl or cyclic N) is 1. The molecule has 0 aromatic heterocycles. The zero-order chi connectivity index (χ0) is 15.0. The highest BCUT2D eigenvalue weighted by Gasteiger charge is 2.25. The van der Waals surface area contributed by atoms with Crippen molar-refractivity contribution in [2.24, 2.45) is 0 Å². The molecule has 1 rings (SSSR count). The van der Waals surface area contributed by atoms with E-state index >= 15 is 0 Å². The van der Waals surface area contributed by atoms with Gasteiger partial charge in [-0.25, -0.2) is 0 Å². The van der Waals surface area contributed by atoms with Crippen molar-refractivity contribution in [1.82, 2.24) is 4.90 Å². The molecule has 118 valence electrons. The van der Waals surface area contributed by atoms with Gasteiger partial charge in [-0.3, -0.25) is 9.69 Å². The summed E-state index contributed by atoms with van der Waals surface area (Å²) in [5, 5.41) is 10.1. The monoisotopic (exact) mass is 287 g/mol. The molecule has 3 unspecified atom stereocenters. The van der Waals surface area contributed by atoms with Gasteiger partial charge in [0.2, 0.25) is 0 Å². The molecule has 1 saturated heterocycles. The van der Waals surface area contributed by atoms with E-state index in [1.165, 1.54) is 6.42 Å². The molecule has 1 heterocycles. The average Bonchev–Trinajstić information content (AvgIpc) is 2.38. The zero-order valence-electron chi connectivity index (χ0n) is 13.0. The molecule has 1 aliphatic heterocycles. The van der Waals surface area contributed by atoms with Gasteiger partial charge < -0.3 is 14.6 Å². The second-order valence-electron chi connectivity index (χ2n) is 5.80. The molecule has 0 aromatic carbocycles. The van der Waals surface area contributed by atoms with Gasteiger partial charge in [0.15, 0.2) is 0 Å². The summed E-state index contributed by atoms with van der Waals surface area (Å²) in [6.07, 6.45) is 3.43. The smallest absolute Gasteiger partial charge is 0.131 e. The Morgan fingerprint density at radius 1 is 1.40 bits per heavy atom. The number of ether oxygens (including phenoxy) is 2. The number of aliphatic hydroxyl groups is 1. The molecule has 5 nitrogen and oxygen atoms in total. The van der Waals surface area contributed by atoms with Gasteiger partial charge in [0.25, 0.3) is 0 Å². The van der Waals surface area contributed by atoms with Gasteiger partial charge in [-0.2, -0.15) is 0 Å². The van der Waals surface area contributed by atoms with E-state index in [1.54, 1.807) is 14.0 Å². The van der Waals surface area contributed by atoms with Crippen molar-refractivity contribution >= 4 is 5.78 Å². The number of nitrogens with zero attached hydrogens (tertiary/aromatic N) is 1. The normalized spacial score (nSPS) is 23.5.